The highest BCUT2D eigenvalue weighted by atomic mass is 32.2. The van der Waals surface area contributed by atoms with E-state index in [0.717, 1.165) is 16.3 Å². The second-order valence-corrected chi connectivity index (χ2v) is 6.18. The maximum absolute atomic E-state index is 11.5. The van der Waals surface area contributed by atoms with Crippen molar-refractivity contribution in [2.45, 2.75) is 11.8 Å². The highest BCUT2D eigenvalue weighted by molar-refractivity contribution is 7.89. The second-order valence-electron chi connectivity index (χ2n) is 3.40. The number of sulfonamides is 1. The van der Waals surface area contributed by atoms with Gasteiger partial charge in [0.15, 0.2) is 0 Å². The predicted molar refractivity (Wildman–Crippen MR) is 66.8 cm³/mol. The van der Waals surface area contributed by atoms with E-state index in [9.17, 15) is 8.42 Å². The van der Waals surface area contributed by atoms with Gasteiger partial charge < -0.3 is 0 Å². The van der Waals surface area contributed by atoms with Crippen molar-refractivity contribution >= 4 is 21.4 Å². The van der Waals surface area contributed by atoms with Gasteiger partial charge in [-0.2, -0.15) is 4.83 Å². The molecular weight excluding hydrogens is 258 g/mol. The van der Waals surface area contributed by atoms with Crippen molar-refractivity contribution in [1.29, 1.82) is 0 Å². The summed E-state index contributed by atoms with van der Waals surface area (Å²) in [5, 5.41) is 2.82. The van der Waals surface area contributed by atoms with E-state index in [2.05, 4.69) is 4.98 Å². The summed E-state index contributed by atoms with van der Waals surface area (Å²) < 4.78 is 23.1. The van der Waals surface area contributed by atoms with Crippen LogP contribution in [0.1, 0.15) is 5.01 Å². The van der Waals surface area contributed by atoms with Crippen LogP contribution in [0.3, 0.4) is 0 Å². The SMILES string of the molecule is Cc1nc(-c2cccc(S(=O)(=O)NN)c2)cs1. The van der Waals surface area contributed by atoms with Gasteiger partial charge in [-0.15, -0.1) is 11.3 Å². The first-order valence-electron chi connectivity index (χ1n) is 4.78. The first kappa shape index (κ1) is 12.2. The lowest BCUT2D eigenvalue weighted by Crippen LogP contribution is -2.30. The maximum atomic E-state index is 11.5. The molecule has 0 saturated carbocycles. The van der Waals surface area contributed by atoms with Crippen LogP contribution in [-0.4, -0.2) is 13.4 Å². The van der Waals surface area contributed by atoms with Gasteiger partial charge >= 0.3 is 0 Å². The molecule has 1 aromatic heterocycles. The van der Waals surface area contributed by atoms with Gasteiger partial charge in [-0.1, -0.05) is 12.1 Å². The zero-order chi connectivity index (χ0) is 12.5. The van der Waals surface area contributed by atoms with Crippen molar-refractivity contribution in [1.82, 2.24) is 9.82 Å². The number of nitrogens with one attached hydrogen (secondary N) is 1. The van der Waals surface area contributed by atoms with E-state index in [0.29, 0.717) is 0 Å². The lowest BCUT2D eigenvalue weighted by molar-refractivity contribution is 0.584. The molecule has 1 heterocycles. The van der Waals surface area contributed by atoms with Crippen LogP contribution in [0.2, 0.25) is 0 Å². The number of nitrogens with zero attached hydrogens (tertiary/aromatic N) is 1. The molecule has 17 heavy (non-hydrogen) atoms. The highest BCUT2D eigenvalue weighted by Crippen LogP contribution is 2.23. The molecule has 0 aliphatic heterocycles. The molecule has 5 nitrogen and oxygen atoms in total. The minimum absolute atomic E-state index is 0.128. The number of hydrazine groups is 1. The summed E-state index contributed by atoms with van der Waals surface area (Å²) in [4.78, 5) is 6.23. The molecule has 1 aromatic carbocycles. The van der Waals surface area contributed by atoms with Gasteiger partial charge in [0, 0.05) is 10.9 Å². The average Bonchev–Trinajstić information content (AvgIpc) is 2.76. The van der Waals surface area contributed by atoms with Gasteiger partial charge in [0.05, 0.1) is 15.6 Å². The normalized spacial score (nSPS) is 11.6. The van der Waals surface area contributed by atoms with Crippen molar-refractivity contribution in [3.63, 3.8) is 0 Å². The number of hydrogen-bond acceptors (Lipinski definition) is 5. The largest absolute Gasteiger partial charge is 0.257 e. The number of thiazole rings is 1. The van der Waals surface area contributed by atoms with Crippen LogP contribution >= 0.6 is 11.3 Å². The molecule has 2 aromatic rings. The quantitative estimate of drug-likeness (QED) is 0.649. The Labute approximate surface area is 103 Å². The zero-order valence-electron chi connectivity index (χ0n) is 9.04. The Morgan fingerprint density at radius 2 is 2.18 bits per heavy atom. The Kier molecular flexibility index (Phi) is 3.25. The lowest BCUT2D eigenvalue weighted by atomic mass is 10.2. The number of aromatic nitrogens is 1. The number of aryl methyl sites for hydroxylation is 1. The number of nitrogens with two attached hydrogens (primary N) is 1. The van der Waals surface area contributed by atoms with E-state index in [1.807, 2.05) is 18.4 Å². The fourth-order valence-corrected chi connectivity index (χ4v) is 2.68. The summed E-state index contributed by atoms with van der Waals surface area (Å²) in [6.45, 7) is 1.90. The van der Waals surface area contributed by atoms with Crippen LogP contribution in [0, 0.1) is 6.92 Å². The third-order valence-corrected chi connectivity index (χ3v) is 4.17. The third-order valence-electron chi connectivity index (χ3n) is 2.21. The van der Waals surface area contributed by atoms with Crippen molar-refractivity contribution in [2.75, 3.05) is 0 Å². The Bertz CT molecular complexity index is 635. The minimum Gasteiger partial charge on any atom is -0.257 e. The maximum Gasteiger partial charge on any atom is 0.253 e. The van der Waals surface area contributed by atoms with Crippen LogP contribution < -0.4 is 10.7 Å². The summed E-state index contributed by atoms with van der Waals surface area (Å²) in [6, 6.07) is 6.50. The summed E-state index contributed by atoms with van der Waals surface area (Å²) in [6.07, 6.45) is 0. The molecule has 0 saturated heterocycles. The van der Waals surface area contributed by atoms with Crippen molar-refractivity contribution in [3.05, 3.63) is 34.7 Å². The molecule has 0 fully saturated rings. The van der Waals surface area contributed by atoms with E-state index in [4.69, 9.17) is 5.84 Å². The molecule has 0 aliphatic carbocycles. The van der Waals surface area contributed by atoms with E-state index in [1.165, 1.54) is 17.4 Å². The first-order valence-corrected chi connectivity index (χ1v) is 7.14. The van der Waals surface area contributed by atoms with Gasteiger partial charge in [0.2, 0.25) is 0 Å². The summed E-state index contributed by atoms with van der Waals surface area (Å²) in [7, 11) is -3.62. The summed E-state index contributed by atoms with van der Waals surface area (Å²) in [5.41, 5.74) is 1.52. The van der Waals surface area contributed by atoms with Crippen LogP contribution in [0.4, 0.5) is 0 Å². The van der Waals surface area contributed by atoms with Gasteiger partial charge in [0.1, 0.15) is 0 Å². The molecule has 2 rings (SSSR count). The Hall–Kier alpha value is -1.28. The van der Waals surface area contributed by atoms with Gasteiger partial charge in [-0.3, -0.25) is 5.84 Å². The highest BCUT2D eigenvalue weighted by Gasteiger charge is 2.13. The Morgan fingerprint density at radius 3 is 2.76 bits per heavy atom. The van der Waals surface area contributed by atoms with Crippen molar-refractivity contribution in [2.24, 2.45) is 5.84 Å². The predicted octanol–water partition coefficient (Wildman–Crippen LogP) is 1.27. The smallest absolute Gasteiger partial charge is 0.253 e. The zero-order valence-corrected chi connectivity index (χ0v) is 10.7. The second kappa shape index (κ2) is 4.53. The molecular formula is C10H11N3O2S2. The molecule has 90 valence electrons. The van der Waals surface area contributed by atoms with E-state index in [1.54, 1.807) is 17.0 Å². The Morgan fingerprint density at radius 1 is 1.41 bits per heavy atom. The monoisotopic (exact) mass is 269 g/mol. The van der Waals surface area contributed by atoms with Crippen LogP contribution in [0.5, 0.6) is 0 Å². The van der Waals surface area contributed by atoms with E-state index < -0.39 is 10.0 Å². The first-order chi connectivity index (χ1) is 8.03. The van der Waals surface area contributed by atoms with Gasteiger partial charge in [0.25, 0.3) is 10.0 Å². The molecule has 7 heteroatoms. The van der Waals surface area contributed by atoms with Gasteiger partial charge in [-0.25, -0.2) is 13.4 Å². The molecule has 0 amide bonds. The number of hydrogen-bond donors (Lipinski definition) is 2. The molecule has 0 spiro atoms. The molecule has 0 unspecified atom stereocenters. The van der Waals surface area contributed by atoms with Crippen LogP contribution in [-0.2, 0) is 10.0 Å². The fourth-order valence-electron chi connectivity index (χ4n) is 1.39. The summed E-state index contributed by atoms with van der Waals surface area (Å²) >= 11 is 1.52. The molecule has 3 N–H and O–H groups in total. The molecule has 0 radical (unpaired) electrons. The average molecular weight is 269 g/mol. The minimum atomic E-state index is -3.62. The summed E-state index contributed by atoms with van der Waals surface area (Å²) in [5.74, 6) is 4.98. The standard InChI is InChI=1S/C10H11N3O2S2/c1-7-12-10(6-16-7)8-3-2-4-9(5-8)17(14,15)13-11/h2-6,13H,11H2,1H3. The number of rotatable bonds is 3. The topological polar surface area (TPSA) is 85.1 Å². The van der Waals surface area contributed by atoms with Crippen molar-refractivity contribution < 1.29 is 8.42 Å². The fraction of sp³-hybridized carbons (Fsp3) is 0.100. The Balaban J connectivity index is 2.49. The van der Waals surface area contributed by atoms with Crippen LogP contribution in [0.25, 0.3) is 11.3 Å². The lowest BCUT2D eigenvalue weighted by Gasteiger charge is -2.03. The molecule has 0 atom stereocenters. The molecule has 0 bridgehead atoms. The number of benzene rings is 1. The van der Waals surface area contributed by atoms with E-state index in [-0.39, 0.29) is 4.90 Å². The van der Waals surface area contributed by atoms with E-state index >= 15 is 0 Å². The molecule has 0 aliphatic rings. The third kappa shape index (κ3) is 2.52. The van der Waals surface area contributed by atoms with Gasteiger partial charge in [-0.05, 0) is 19.1 Å². The van der Waals surface area contributed by atoms with Crippen molar-refractivity contribution in [3.8, 4) is 11.3 Å². The van der Waals surface area contributed by atoms with Crippen LogP contribution in [0.15, 0.2) is 34.5 Å².